The van der Waals surface area contributed by atoms with E-state index >= 15 is 0 Å². The smallest absolute Gasteiger partial charge is 0.126 e. The van der Waals surface area contributed by atoms with E-state index in [0.29, 0.717) is 0 Å². The van der Waals surface area contributed by atoms with Gasteiger partial charge in [0.15, 0.2) is 0 Å². The number of hydrogen-bond acceptors (Lipinski definition) is 2. The van der Waals surface area contributed by atoms with E-state index in [1.54, 1.807) is 6.07 Å². The van der Waals surface area contributed by atoms with Crippen LogP contribution in [0.15, 0.2) is 18.7 Å². The SMILES string of the molecule is C=C(C)c1cc(C)c(OC(C)C)cc1O. The van der Waals surface area contributed by atoms with Gasteiger partial charge in [0.25, 0.3) is 0 Å². The van der Waals surface area contributed by atoms with Crippen LogP contribution in [0.25, 0.3) is 5.57 Å². The van der Waals surface area contributed by atoms with Crippen LogP contribution in [0.2, 0.25) is 0 Å². The monoisotopic (exact) mass is 206 g/mol. The van der Waals surface area contributed by atoms with E-state index in [1.807, 2.05) is 33.8 Å². The maximum absolute atomic E-state index is 9.76. The minimum absolute atomic E-state index is 0.110. The molecule has 0 aliphatic carbocycles. The Morgan fingerprint density at radius 3 is 2.47 bits per heavy atom. The Kier molecular flexibility index (Phi) is 3.40. The first-order valence-corrected chi connectivity index (χ1v) is 5.08. The molecule has 15 heavy (non-hydrogen) atoms. The first-order chi connectivity index (χ1) is 6.91. The molecular formula is C13H18O2. The molecule has 1 N–H and O–H groups in total. The van der Waals surface area contributed by atoms with Crippen molar-refractivity contribution in [1.29, 1.82) is 0 Å². The molecule has 0 unspecified atom stereocenters. The lowest BCUT2D eigenvalue weighted by molar-refractivity contribution is 0.240. The summed E-state index contributed by atoms with van der Waals surface area (Å²) in [4.78, 5) is 0. The molecule has 0 aliphatic rings. The number of aryl methyl sites for hydroxylation is 1. The summed E-state index contributed by atoms with van der Waals surface area (Å²) in [6.45, 7) is 11.6. The minimum atomic E-state index is 0.110. The minimum Gasteiger partial charge on any atom is -0.507 e. The molecule has 0 spiro atoms. The van der Waals surface area contributed by atoms with E-state index < -0.39 is 0 Å². The van der Waals surface area contributed by atoms with Gasteiger partial charge in [-0.3, -0.25) is 0 Å². The van der Waals surface area contributed by atoms with Crippen LogP contribution in [0.4, 0.5) is 0 Å². The second-order valence-electron chi connectivity index (χ2n) is 4.08. The first kappa shape index (κ1) is 11.6. The Balaban J connectivity index is 3.13. The lowest BCUT2D eigenvalue weighted by Gasteiger charge is -2.14. The van der Waals surface area contributed by atoms with Gasteiger partial charge in [-0.1, -0.05) is 6.58 Å². The summed E-state index contributed by atoms with van der Waals surface area (Å²) >= 11 is 0. The number of allylic oxidation sites excluding steroid dienone is 1. The maximum Gasteiger partial charge on any atom is 0.126 e. The highest BCUT2D eigenvalue weighted by atomic mass is 16.5. The van der Waals surface area contributed by atoms with Crippen molar-refractivity contribution in [2.75, 3.05) is 0 Å². The number of phenols is 1. The second kappa shape index (κ2) is 4.39. The van der Waals surface area contributed by atoms with Crippen molar-refractivity contribution >= 4 is 5.57 Å². The highest BCUT2D eigenvalue weighted by Gasteiger charge is 2.09. The summed E-state index contributed by atoms with van der Waals surface area (Å²) in [5.74, 6) is 0.955. The molecule has 0 saturated carbocycles. The molecule has 2 nitrogen and oxygen atoms in total. The van der Waals surface area contributed by atoms with Gasteiger partial charge in [-0.2, -0.15) is 0 Å². The zero-order valence-electron chi connectivity index (χ0n) is 9.79. The van der Waals surface area contributed by atoms with Crippen LogP contribution < -0.4 is 4.74 Å². The number of ether oxygens (including phenoxy) is 1. The lowest BCUT2D eigenvalue weighted by Crippen LogP contribution is -2.06. The van der Waals surface area contributed by atoms with Gasteiger partial charge < -0.3 is 9.84 Å². The Labute approximate surface area is 91.2 Å². The fourth-order valence-electron chi connectivity index (χ4n) is 1.40. The molecule has 1 aromatic carbocycles. The molecule has 0 saturated heterocycles. The van der Waals surface area contributed by atoms with Crippen molar-refractivity contribution in [1.82, 2.24) is 0 Å². The van der Waals surface area contributed by atoms with Gasteiger partial charge in [0.1, 0.15) is 11.5 Å². The average Bonchev–Trinajstić information content (AvgIpc) is 2.09. The third kappa shape index (κ3) is 2.75. The van der Waals surface area contributed by atoms with E-state index in [2.05, 4.69) is 6.58 Å². The molecule has 0 aromatic heterocycles. The zero-order chi connectivity index (χ0) is 11.6. The van der Waals surface area contributed by atoms with Gasteiger partial charge in [0.2, 0.25) is 0 Å². The van der Waals surface area contributed by atoms with E-state index in [0.717, 1.165) is 22.4 Å². The molecule has 0 amide bonds. The van der Waals surface area contributed by atoms with Gasteiger partial charge in [0.05, 0.1) is 6.10 Å². The molecule has 0 aliphatic heterocycles. The Morgan fingerprint density at radius 2 is 2.00 bits per heavy atom. The average molecular weight is 206 g/mol. The predicted molar refractivity (Wildman–Crippen MR) is 63.3 cm³/mol. The van der Waals surface area contributed by atoms with Gasteiger partial charge in [-0.15, -0.1) is 0 Å². The normalized spacial score (nSPS) is 10.5. The Bertz CT molecular complexity index is 378. The molecule has 82 valence electrons. The van der Waals surface area contributed by atoms with Crippen LogP contribution >= 0.6 is 0 Å². The third-order valence-corrected chi connectivity index (χ3v) is 2.12. The van der Waals surface area contributed by atoms with Crippen molar-refractivity contribution in [2.45, 2.75) is 33.8 Å². The topological polar surface area (TPSA) is 29.5 Å². The molecule has 0 bridgehead atoms. The summed E-state index contributed by atoms with van der Waals surface area (Å²) in [7, 11) is 0. The molecule has 0 radical (unpaired) electrons. The molecular weight excluding hydrogens is 188 g/mol. The summed E-state index contributed by atoms with van der Waals surface area (Å²) in [5.41, 5.74) is 2.65. The first-order valence-electron chi connectivity index (χ1n) is 5.08. The number of phenolic OH excluding ortho intramolecular Hbond substituents is 1. The van der Waals surface area contributed by atoms with Crippen LogP contribution in [0, 0.1) is 6.92 Å². The van der Waals surface area contributed by atoms with E-state index in [9.17, 15) is 5.11 Å². The van der Waals surface area contributed by atoms with Crippen LogP contribution in [0.1, 0.15) is 31.9 Å². The van der Waals surface area contributed by atoms with Crippen LogP contribution in [0.3, 0.4) is 0 Å². The molecule has 0 fully saturated rings. The molecule has 2 heteroatoms. The predicted octanol–water partition coefficient (Wildman–Crippen LogP) is 3.52. The molecule has 0 heterocycles. The van der Waals surface area contributed by atoms with Crippen LogP contribution in [-0.4, -0.2) is 11.2 Å². The third-order valence-electron chi connectivity index (χ3n) is 2.12. The fourth-order valence-corrected chi connectivity index (χ4v) is 1.40. The molecule has 1 aromatic rings. The van der Waals surface area contributed by atoms with Gasteiger partial charge >= 0.3 is 0 Å². The van der Waals surface area contributed by atoms with Crippen molar-refractivity contribution in [3.63, 3.8) is 0 Å². The van der Waals surface area contributed by atoms with Crippen LogP contribution in [-0.2, 0) is 0 Å². The second-order valence-corrected chi connectivity index (χ2v) is 4.08. The standard InChI is InChI=1S/C13H18O2/c1-8(2)11-6-10(5)13(7-12(11)14)15-9(3)4/h6-7,9,14H,1H2,2-5H3. The summed E-state index contributed by atoms with van der Waals surface area (Å²) in [6.07, 6.45) is 0.110. The summed E-state index contributed by atoms with van der Waals surface area (Å²) < 4.78 is 5.57. The van der Waals surface area contributed by atoms with E-state index in [4.69, 9.17) is 4.74 Å². The number of aromatic hydroxyl groups is 1. The fraction of sp³-hybridized carbons (Fsp3) is 0.385. The molecule has 0 atom stereocenters. The van der Waals surface area contributed by atoms with Crippen molar-refractivity contribution in [3.8, 4) is 11.5 Å². The van der Waals surface area contributed by atoms with Crippen LogP contribution in [0.5, 0.6) is 11.5 Å². The summed E-state index contributed by atoms with van der Waals surface area (Å²) in [6, 6.07) is 3.55. The van der Waals surface area contributed by atoms with Crippen molar-refractivity contribution in [2.24, 2.45) is 0 Å². The van der Waals surface area contributed by atoms with Gasteiger partial charge in [0, 0.05) is 11.6 Å². The number of rotatable bonds is 3. The maximum atomic E-state index is 9.76. The lowest BCUT2D eigenvalue weighted by atomic mass is 10.0. The number of hydrogen-bond donors (Lipinski definition) is 1. The van der Waals surface area contributed by atoms with Crippen molar-refractivity contribution in [3.05, 3.63) is 29.8 Å². The largest absolute Gasteiger partial charge is 0.507 e. The van der Waals surface area contributed by atoms with E-state index in [1.165, 1.54) is 0 Å². The van der Waals surface area contributed by atoms with Gasteiger partial charge in [-0.05, 0) is 44.9 Å². The van der Waals surface area contributed by atoms with Crippen molar-refractivity contribution < 1.29 is 9.84 Å². The Hall–Kier alpha value is -1.44. The van der Waals surface area contributed by atoms with E-state index in [-0.39, 0.29) is 11.9 Å². The highest BCUT2D eigenvalue weighted by molar-refractivity contribution is 5.69. The quantitative estimate of drug-likeness (QED) is 0.819. The molecule has 1 rings (SSSR count). The van der Waals surface area contributed by atoms with Gasteiger partial charge in [-0.25, -0.2) is 0 Å². The number of benzene rings is 1. The Morgan fingerprint density at radius 1 is 1.40 bits per heavy atom. The zero-order valence-corrected chi connectivity index (χ0v) is 9.79. The summed E-state index contributed by atoms with van der Waals surface area (Å²) in [5, 5.41) is 9.76. The highest BCUT2D eigenvalue weighted by Crippen LogP contribution is 2.31.